The molecule has 14 heteroatoms. The van der Waals surface area contributed by atoms with Crippen LogP contribution in [0, 0.1) is 11.8 Å². The van der Waals surface area contributed by atoms with E-state index in [0.29, 0.717) is 22.5 Å². The van der Waals surface area contributed by atoms with Gasteiger partial charge >= 0.3 is 12.1 Å². The third kappa shape index (κ3) is 11.8. The minimum Gasteiger partial charge on any atom is -0.388 e. The summed E-state index contributed by atoms with van der Waals surface area (Å²) in [5.74, 6) is -2.37. The summed E-state index contributed by atoms with van der Waals surface area (Å²) in [6, 6.07) is 21.5. The molecule has 0 bridgehead atoms. The summed E-state index contributed by atoms with van der Waals surface area (Å²) in [6.07, 6.45) is -0.894. The molecule has 310 valence electrons. The lowest BCUT2D eigenvalue weighted by Gasteiger charge is -2.43. The molecule has 2 aromatic heterocycles. The number of urea groups is 2. The average Bonchev–Trinajstić information content (AvgIpc) is 3.23. The summed E-state index contributed by atoms with van der Waals surface area (Å²) in [4.78, 5) is 71.3. The molecule has 6 N–H and O–H groups in total. The van der Waals surface area contributed by atoms with Crippen LogP contribution >= 0.6 is 0 Å². The molecule has 0 aliphatic heterocycles. The highest BCUT2D eigenvalue weighted by Gasteiger charge is 2.47. The maximum atomic E-state index is 14.6. The fourth-order valence-electron chi connectivity index (χ4n) is 6.56. The summed E-state index contributed by atoms with van der Waals surface area (Å²) in [7, 11) is 3.01. The monoisotopic (exact) mass is 794 g/mol. The molecule has 58 heavy (non-hydrogen) atoms. The van der Waals surface area contributed by atoms with Crippen LogP contribution in [-0.2, 0) is 35.5 Å². The Hall–Kier alpha value is -5.54. The molecule has 2 heterocycles. The highest BCUT2D eigenvalue weighted by atomic mass is 16.3. The number of pyridine rings is 2. The van der Waals surface area contributed by atoms with Gasteiger partial charge in [0.05, 0.1) is 48.6 Å². The topological polar surface area (TPSA) is 200 Å². The smallest absolute Gasteiger partial charge is 0.327 e. The standard InChI is InChI=1S/C44H58N8O6/c1-29(2)37(45)41(55)51(43(57)49(5)27-33-21-13-15-23-47-33)35(25-31-17-9-7-10-18-31)39(53)40(54)36(26-32-19-11-8-12-20-32)52(42(56)38(46)30(3)4)44(58)50(6)28-34-22-14-16-24-48-34/h7-24,29-30,35-40,53-54H,25-28,45-46H2,1-6H3/t35-,36?,37-,38-,39?,40?/m0/s1. The summed E-state index contributed by atoms with van der Waals surface area (Å²) in [6.45, 7) is 6.99. The molecule has 0 radical (unpaired) electrons. The van der Waals surface area contributed by atoms with E-state index in [-0.39, 0.29) is 25.9 Å². The Bertz CT molecular complexity index is 1770. The van der Waals surface area contributed by atoms with Gasteiger partial charge < -0.3 is 31.5 Å². The number of rotatable bonds is 17. The highest BCUT2D eigenvalue weighted by Crippen LogP contribution is 2.26. The van der Waals surface area contributed by atoms with Crippen molar-refractivity contribution >= 4 is 23.9 Å². The van der Waals surface area contributed by atoms with E-state index in [9.17, 15) is 29.4 Å². The van der Waals surface area contributed by atoms with Crippen molar-refractivity contribution in [3.8, 4) is 0 Å². The Morgan fingerprint density at radius 1 is 0.552 bits per heavy atom. The van der Waals surface area contributed by atoms with Crippen molar-refractivity contribution in [2.75, 3.05) is 14.1 Å². The van der Waals surface area contributed by atoms with Gasteiger partial charge in [-0.3, -0.25) is 29.4 Å². The van der Waals surface area contributed by atoms with Crippen molar-refractivity contribution in [3.05, 3.63) is 132 Å². The number of hydrogen-bond donors (Lipinski definition) is 4. The Morgan fingerprint density at radius 3 is 1.17 bits per heavy atom. The first-order chi connectivity index (χ1) is 27.6. The fourth-order valence-corrected chi connectivity index (χ4v) is 6.56. The SMILES string of the molecule is CC(C)[C@H](N)C(=O)N(C(=O)N(C)Cc1ccccn1)C(Cc1ccccc1)C(O)C(O)[C@H](Cc1ccccc1)N(C(=O)[C@@H](N)C(C)C)C(=O)N(C)Cc1ccccn1. The van der Waals surface area contributed by atoms with E-state index in [4.69, 9.17) is 11.5 Å². The van der Waals surface area contributed by atoms with Crippen LogP contribution in [0.1, 0.15) is 50.2 Å². The molecule has 0 fully saturated rings. The number of amides is 6. The highest BCUT2D eigenvalue weighted by molar-refractivity contribution is 5.98. The summed E-state index contributed by atoms with van der Waals surface area (Å²) < 4.78 is 0. The summed E-state index contributed by atoms with van der Waals surface area (Å²) >= 11 is 0. The Balaban J connectivity index is 1.89. The van der Waals surface area contributed by atoms with Gasteiger partial charge in [-0.15, -0.1) is 0 Å². The maximum Gasteiger partial charge on any atom is 0.327 e. The van der Waals surface area contributed by atoms with Gasteiger partial charge in [-0.2, -0.15) is 0 Å². The number of aliphatic hydroxyl groups is 2. The van der Waals surface area contributed by atoms with Crippen molar-refractivity contribution in [2.45, 2.75) is 90.0 Å². The molecule has 6 amide bonds. The van der Waals surface area contributed by atoms with Gasteiger partial charge in [0.25, 0.3) is 0 Å². The molecule has 4 aromatic rings. The van der Waals surface area contributed by atoms with Crippen molar-refractivity contribution < 1.29 is 29.4 Å². The van der Waals surface area contributed by atoms with Crippen LogP contribution in [0.3, 0.4) is 0 Å². The third-order valence-corrected chi connectivity index (χ3v) is 10.2. The van der Waals surface area contributed by atoms with Crippen molar-refractivity contribution in [1.82, 2.24) is 29.6 Å². The number of benzene rings is 2. The molecular formula is C44H58N8O6. The fraction of sp³-hybridized carbons (Fsp3) is 0.409. The molecule has 0 spiro atoms. The first kappa shape index (κ1) is 45.2. The molecule has 6 atom stereocenters. The lowest BCUT2D eigenvalue weighted by Crippen LogP contribution is -2.65. The number of aliphatic hydroxyl groups excluding tert-OH is 2. The quantitative estimate of drug-likeness (QED) is 0.122. The van der Waals surface area contributed by atoms with E-state index < -0.39 is 72.1 Å². The molecule has 0 saturated carbocycles. The Morgan fingerprint density at radius 2 is 0.879 bits per heavy atom. The third-order valence-electron chi connectivity index (χ3n) is 10.2. The number of carbonyl (C=O) groups is 4. The first-order valence-corrected chi connectivity index (χ1v) is 19.5. The van der Waals surface area contributed by atoms with E-state index in [0.717, 1.165) is 9.80 Å². The van der Waals surface area contributed by atoms with Crippen LogP contribution in [0.4, 0.5) is 9.59 Å². The first-order valence-electron chi connectivity index (χ1n) is 19.5. The van der Waals surface area contributed by atoms with Crippen molar-refractivity contribution in [3.63, 3.8) is 0 Å². The van der Waals surface area contributed by atoms with Crippen LogP contribution in [0.15, 0.2) is 109 Å². The second-order valence-corrected chi connectivity index (χ2v) is 15.4. The molecule has 3 unspecified atom stereocenters. The predicted molar refractivity (Wildman–Crippen MR) is 221 cm³/mol. The van der Waals surface area contributed by atoms with E-state index in [1.54, 1.807) is 137 Å². The van der Waals surface area contributed by atoms with Gasteiger partial charge in [-0.05, 0) is 60.1 Å². The van der Waals surface area contributed by atoms with E-state index in [2.05, 4.69) is 9.97 Å². The van der Waals surface area contributed by atoms with Crippen LogP contribution < -0.4 is 11.5 Å². The largest absolute Gasteiger partial charge is 0.388 e. The van der Waals surface area contributed by atoms with Crippen LogP contribution in [0.25, 0.3) is 0 Å². The molecule has 0 aliphatic rings. The summed E-state index contributed by atoms with van der Waals surface area (Å²) in [5, 5.41) is 25.2. The van der Waals surface area contributed by atoms with Crippen LogP contribution in [0.5, 0.6) is 0 Å². The minimum atomic E-state index is -1.93. The lowest BCUT2D eigenvalue weighted by molar-refractivity contribution is -0.143. The van der Waals surface area contributed by atoms with Gasteiger partial charge in [0.1, 0.15) is 12.2 Å². The molecule has 0 saturated heterocycles. The lowest BCUT2D eigenvalue weighted by atomic mass is 9.88. The number of nitrogens with two attached hydrogens (primary N) is 2. The van der Waals surface area contributed by atoms with E-state index in [1.807, 2.05) is 0 Å². The summed E-state index contributed by atoms with van der Waals surface area (Å²) in [5.41, 5.74) is 15.3. The number of nitrogens with zero attached hydrogens (tertiary/aromatic N) is 6. The number of hydrogen-bond acceptors (Lipinski definition) is 10. The zero-order chi connectivity index (χ0) is 42.5. The van der Waals surface area contributed by atoms with Crippen molar-refractivity contribution in [2.24, 2.45) is 23.3 Å². The molecule has 14 nitrogen and oxygen atoms in total. The Labute approximate surface area is 341 Å². The molecule has 2 aromatic carbocycles. The van der Waals surface area contributed by atoms with Crippen molar-refractivity contribution in [1.29, 1.82) is 0 Å². The Kier molecular flexibility index (Phi) is 16.6. The second kappa shape index (κ2) is 21.3. The molecule has 4 rings (SSSR count). The van der Waals surface area contributed by atoms with Gasteiger partial charge in [-0.25, -0.2) is 9.59 Å². The zero-order valence-electron chi connectivity index (χ0n) is 34.2. The van der Waals surface area contributed by atoms with Crippen LogP contribution in [-0.4, -0.2) is 114 Å². The number of aromatic nitrogens is 2. The average molecular weight is 795 g/mol. The zero-order valence-corrected chi connectivity index (χ0v) is 34.2. The van der Waals surface area contributed by atoms with E-state index in [1.165, 1.54) is 23.9 Å². The number of carbonyl (C=O) groups excluding carboxylic acids is 4. The second-order valence-electron chi connectivity index (χ2n) is 15.4. The van der Waals surface area contributed by atoms with Gasteiger partial charge in [0.2, 0.25) is 11.8 Å². The molecular weight excluding hydrogens is 737 g/mol. The predicted octanol–water partition coefficient (Wildman–Crippen LogP) is 3.85. The number of imide groups is 2. The van der Waals surface area contributed by atoms with Gasteiger partial charge in [-0.1, -0.05) is 100 Å². The van der Waals surface area contributed by atoms with Gasteiger partial charge in [0.15, 0.2) is 0 Å². The molecule has 0 aliphatic carbocycles. The van der Waals surface area contributed by atoms with Gasteiger partial charge in [0, 0.05) is 26.5 Å². The normalized spacial score (nSPS) is 14.5. The van der Waals surface area contributed by atoms with E-state index >= 15 is 0 Å². The van der Waals surface area contributed by atoms with Crippen LogP contribution in [0.2, 0.25) is 0 Å². The maximum absolute atomic E-state index is 14.6. The minimum absolute atomic E-state index is 0.0141.